The fraction of sp³-hybridized carbons (Fsp3) is 0.208. The van der Waals surface area contributed by atoms with Gasteiger partial charge in [0.2, 0.25) is 0 Å². The van der Waals surface area contributed by atoms with Gasteiger partial charge in [0.25, 0.3) is 5.91 Å². The van der Waals surface area contributed by atoms with Gasteiger partial charge < -0.3 is 19.7 Å². The monoisotopic (exact) mass is 456 g/mol. The second kappa shape index (κ2) is 9.08. The summed E-state index contributed by atoms with van der Waals surface area (Å²) >= 11 is 12.6. The molecular formula is C24H22Cl2N2O3. The molecule has 0 aliphatic carbocycles. The number of rotatable bonds is 5. The predicted octanol–water partition coefficient (Wildman–Crippen LogP) is 6.21. The van der Waals surface area contributed by atoms with Crippen molar-refractivity contribution in [3.05, 3.63) is 81.8 Å². The van der Waals surface area contributed by atoms with Crippen molar-refractivity contribution in [3.8, 4) is 11.5 Å². The van der Waals surface area contributed by atoms with Crippen molar-refractivity contribution in [1.29, 1.82) is 0 Å². The van der Waals surface area contributed by atoms with Crippen LogP contribution in [-0.2, 0) is 0 Å². The molecule has 1 unspecified atom stereocenters. The Morgan fingerprint density at radius 2 is 1.77 bits per heavy atom. The minimum atomic E-state index is -0.110. The molecule has 31 heavy (non-hydrogen) atoms. The minimum absolute atomic E-state index is 0.0250. The van der Waals surface area contributed by atoms with Gasteiger partial charge in [-0.1, -0.05) is 35.3 Å². The number of para-hydroxylation sites is 1. The summed E-state index contributed by atoms with van der Waals surface area (Å²) in [5.74, 6) is 0.981. The van der Waals surface area contributed by atoms with E-state index in [1.807, 2.05) is 36.4 Å². The Morgan fingerprint density at radius 3 is 2.52 bits per heavy atom. The third kappa shape index (κ3) is 4.29. The Hall–Kier alpha value is -2.89. The van der Waals surface area contributed by atoms with Crippen LogP contribution in [0.15, 0.2) is 60.7 Å². The highest BCUT2D eigenvalue weighted by atomic mass is 35.5. The van der Waals surface area contributed by atoms with Crippen molar-refractivity contribution < 1.29 is 14.3 Å². The SMILES string of the molecule is COc1ccc(C(=O)N2CCC(Nc3ccccc3Cl)c3cc(Cl)ccc32)cc1OC. The van der Waals surface area contributed by atoms with Gasteiger partial charge in [-0.25, -0.2) is 0 Å². The van der Waals surface area contributed by atoms with Gasteiger partial charge in [-0.2, -0.15) is 0 Å². The van der Waals surface area contributed by atoms with Crippen molar-refractivity contribution in [2.45, 2.75) is 12.5 Å². The Labute approximate surface area is 191 Å². The molecule has 0 bridgehead atoms. The third-order valence-corrected chi connectivity index (χ3v) is 5.94. The van der Waals surface area contributed by atoms with Crippen LogP contribution in [0.25, 0.3) is 0 Å². The molecule has 0 spiro atoms. The van der Waals surface area contributed by atoms with Crippen LogP contribution >= 0.6 is 23.2 Å². The van der Waals surface area contributed by atoms with Gasteiger partial charge in [-0.3, -0.25) is 4.79 Å². The van der Waals surface area contributed by atoms with E-state index in [1.54, 1.807) is 43.4 Å². The summed E-state index contributed by atoms with van der Waals surface area (Å²) in [5, 5.41) is 4.76. The molecule has 7 heteroatoms. The highest BCUT2D eigenvalue weighted by Crippen LogP contribution is 2.39. The second-order valence-corrected chi connectivity index (χ2v) is 8.04. The molecule has 1 aliphatic rings. The molecule has 1 amide bonds. The van der Waals surface area contributed by atoms with Crippen molar-refractivity contribution >= 4 is 40.5 Å². The fourth-order valence-corrected chi connectivity index (χ4v) is 4.21. The number of ether oxygens (including phenoxy) is 2. The summed E-state index contributed by atoms with van der Waals surface area (Å²) in [5.41, 5.74) is 3.14. The number of hydrogen-bond donors (Lipinski definition) is 1. The number of benzene rings is 3. The van der Waals surface area contributed by atoms with E-state index in [2.05, 4.69) is 5.32 Å². The molecular weight excluding hydrogens is 435 g/mol. The van der Waals surface area contributed by atoms with Crippen LogP contribution in [-0.4, -0.2) is 26.7 Å². The summed E-state index contributed by atoms with van der Waals surface area (Å²) in [6.45, 7) is 0.546. The van der Waals surface area contributed by atoms with Gasteiger partial charge in [0.15, 0.2) is 11.5 Å². The number of hydrogen-bond acceptors (Lipinski definition) is 4. The zero-order valence-corrected chi connectivity index (χ0v) is 18.7. The van der Waals surface area contributed by atoms with Crippen molar-refractivity contribution in [1.82, 2.24) is 0 Å². The smallest absolute Gasteiger partial charge is 0.258 e. The van der Waals surface area contributed by atoms with Gasteiger partial charge in [0, 0.05) is 22.8 Å². The summed E-state index contributed by atoms with van der Waals surface area (Å²) in [6, 6.07) is 18.3. The van der Waals surface area contributed by atoms with Gasteiger partial charge in [0.1, 0.15) is 0 Å². The van der Waals surface area contributed by atoms with Crippen molar-refractivity contribution in [2.24, 2.45) is 0 Å². The number of halogens is 2. The zero-order valence-electron chi connectivity index (χ0n) is 17.2. The summed E-state index contributed by atoms with van der Waals surface area (Å²) in [6.07, 6.45) is 0.706. The molecule has 0 radical (unpaired) electrons. The lowest BCUT2D eigenvalue weighted by atomic mass is 9.95. The third-order valence-electron chi connectivity index (χ3n) is 5.38. The molecule has 3 aromatic carbocycles. The average molecular weight is 457 g/mol. The van der Waals surface area contributed by atoms with Crippen molar-refractivity contribution in [3.63, 3.8) is 0 Å². The Kier molecular flexibility index (Phi) is 6.25. The normalized spacial score (nSPS) is 15.2. The number of carbonyl (C=O) groups is 1. The van der Waals surface area contributed by atoms with Crippen LogP contribution in [0.3, 0.4) is 0 Å². The first-order valence-corrected chi connectivity index (χ1v) is 10.6. The largest absolute Gasteiger partial charge is 0.493 e. The summed E-state index contributed by atoms with van der Waals surface area (Å²) in [7, 11) is 3.12. The van der Waals surface area contributed by atoms with Crippen molar-refractivity contribution in [2.75, 3.05) is 31.0 Å². The highest BCUT2D eigenvalue weighted by molar-refractivity contribution is 6.33. The minimum Gasteiger partial charge on any atom is -0.493 e. The molecule has 0 saturated carbocycles. The maximum absolute atomic E-state index is 13.4. The van der Waals surface area contributed by atoms with E-state index < -0.39 is 0 Å². The number of amides is 1. The van der Waals surface area contributed by atoms with E-state index in [9.17, 15) is 4.79 Å². The number of methoxy groups -OCH3 is 2. The zero-order chi connectivity index (χ0) is 22.0. The van der Waals surface area contributed by atoms with E-state index in [0.717, 1.165) is 16.9 Å². The van der Waals surface area contributed by atoms with Crippen LogP contribution in [0.5, 0.6) is 11.5 Å². The van der Waals surface area contributed by atoms with Gasteiger partial charge in [-0.15, -0.1) is 0 Å². The molecule has 0 saturated heterocycles. The van der Waals surface area contributed by atoms with E-state index in [1.165, 1.54) is 0 Å². The average Bonchev–Trinajstić information content (AvgIpc) is 2.79. The topological polar surface area (TPSA) is 50.8 Å². The van der Waals surface area contributed by atoms with E-state index in [0.29, 0.717) is 40.1 Å². The van der Waals surface area contributed by atoms with E-state index >= 15 is 0 Å². The molecule has 0 fully saturated rings. The molecule has 0 aromatic heterocycles. The molecule has 1 aliphatic heterocycles. The predicted molar refractivity (Wildman–Crippen MR) is 125 cm³/mol. The molecule has 1 heterocycles. The maximum atomic E-state index is 13.4. The first-order chi connectivity index (χ1) is 15.0. The van der Waals surface area contributed by atoms with Crippen LogP contribution in [0.2, 0.25) is 10.0 Å². The lowest BCUT2D eigenvalue weighted by molar-refractivity contribution is 0.0984. The maximum Gasteiger partial charge on any atom is 0.258 e. The lowest BCUT2D eigenvalue weighted by Gasteiger charge is -2.35. The van der Waals surface area contributed by atoms with Gasteiger partial charge in [-0.05, 0) is 60.5 Å². The standard InChI is InChI=1S/C24H22Cl2N2O3/c1-30-22-10-7-15(13-23(22)31-2)24(29)28-12-11-19(17-14-16(25)8-9-21(17)28)27-20-6-4-3-5-18(20)26/h3-10,13-14,19,27H,11-12H2,1-2H3. The van der Waals surface area contributed by atoms with Crippen LogP contribution in [0.1, 0.15) is 28.4 Å². The second-order valence-electron chi connectivity index (χ2n) is 7.20. The molecule has 4 rings (SSSR count). The molecule has 5 nitrogen and oxygen atoms in total. The molecule has 3 aromatic rings. The number of nitrogens with one attached hydrogen (secondary N) is 1. The summed E-state index contributed by atoms with van der Waals surface area (Å²) < 4.78 is 10.6. The van der Waals surface area contributed by atoms with Gasteiger partial charge in [0.05, 0.1) is 31.0 Å². The van der Waals surface area contributed by atoms with Crippen LogP contribution in [0, 0.1) is 0 Å². The first kappa shape index (κ1) is 21.3. The first-order valence-electron chi connectivity index (χ1n) is 9.86. The molecule has 1 N–H and O–H groups in total. The fourth-order valence-electron chi connectivity index (χ4n) is 3.84. The Bertz CT molecular complexity index is 1120. The van der Waals surface area contributed by atoms with Crippen LogP contribution < -0.4 is 19.7 Å². The van der Waals surface area contributed by atoms with E-state index in [4.69, 9.17) is 32.7 Å². The Morgan fingerprint density at radius 1 is 1.00 bits per heavy atom. The Balaban J connectivity index is 1.67. The lowest BCUT2D eigenvalue weighted by Crippen LogP contribution is -2.38. The van der Waals surface area contributed by atoms with E-state index in [-0.39, 0.29) is 11.9 Å². The number of nitrogens with zero attached hydrogens (tertiary/aromatic N) is 1. The number of anilines is 2. The number of carbonyl (C=O) groups excluding carboxylic acids is 1. The van der Waals surface area contributed by atoms with Crippen LogP contribution in [0.4, 0.5) is 11.4 Å². The summed E-state index contributed by atoms with van der Waals surface area (Å²) in [4.78, 5) is 15.2. The quantitative estimate of drug-likeness (QED) is 0.495. The molecule has 160 valence electrons. The molecule has 1 atom stereocenters. The van der Waals surface area contributed by atoms with Gasteiger partial charge >= 0.3 is 0 Å². The highest BCUT2D eigenvalue weighted by Gasteiger charge is 2.30. The number of fused-ring (bicyclic) bond motifs is 1.